The van der Waals surface area contributed by atoms with Gasteiger partial charge < -0.3 is 20.3 Å². The number of unbranched alkanes of at least 4 members (excludes halogenated alkanes) is 46. The maximum atomic E-state index is 12.4. The van der Waals surface area contributed by atoms with Crippen molar-refractivity contribution in [3.05, 3.63) is 24.3 Å². The molecule has 0 aromatic carbocycles. The van der Waals surface area contributed by atoms with E-state index in [9.17, 15) is 19.8 Å². The van der Waals surface area contributed by atoms with Gasteiger partial charge in [-0.15, -0.1) is 0 Å². The van der Waals surface area contributed by atoms with Crippen LogP contribution in [0.4, 0.5) is 0 Å². The zero-order valence-corrected chi connectivity index (χ0v) is 48.7. The Morgan fingerprint density at radius 2 is 0.653 bits per heavy atom. The number of carbonyl (C=O) groups is 2. The highest BCUT2D eigenvalue weighted by molar-refractivity contribution is 5.76. The van der Waals surface area contributed by atoms with Gasteiger partial charge in [0.05, 0.1) is 25.4 Å². The Morgan fingerprint density at radius 1 is 0.375 bits per heavy atom. The summed E-state index contributed by atoms with van der Waals surface area (Å²) in [6, 6.07) is -0.539. The molecule has 0 bridgehead atoms. The summed E-state index contributed by atoms with van der Waals surface area (Å²) in [6.45, 7) is 4.95. The van der Waals surface area contributed by atoms with Crippen LogP contribution >= 0.6 is 0 Å². The van der Waals surface area contributed by atoms with Crippen molar-refractivity contribution in [2.75, 3.05) is 13.2 Å². The SMILES string of the molecule is CCCCCCCC/C=C\CCCCCCCCCCCC(=O)OCCCCCCCCCCCCCC/C=C\CCCCCCCCCCCCCC(=O)NC(CO)C(O)CCCCCCCCCCC. The summed E-state index contributed by atoms with van der Waals surface area (Å²) in [5.41, 5.74) is 0. The van der Waals surface area contributed by atoms with Gasteiger partial charge in [0, 0.05) is 12.8 Å². The zero-order chi connectivity index (χ0) is 52.2. The van der Waals surface area contributed by atoms with Gasteiger partial charge in [0.2, 0.25) is 5.91 Å². The van der Waals surface area contributed by atoms with Crippen LogP contribution in [0.5, 0.6) is 0 Å². The van der Waals surface area contributed by atoms with E-state index in [1.807, 2.05) is 0 Å². The third kappa shape index (κ3) is 57.6. The average Bonchev–Trinajstić information content (AvgIpc) is 3.38. The minimum atomic E-state index is -0.662. The van der Waals surface area contributed by atoms with Crippen LogP contribution in [-0.2, 0) is 14.3 Å². The molecular weight excluding hydrogens is 887 g/mol. The Labute approximate surface area is 450 Å². The molecule has 72 heavy (non-hydrogen) atoms. The summed E-state index contributed by atoms with van der Waals surface area (Å²) >= 11 is 0. The number of amides is 1. The molecule has 2 atom stereocenters. The Hall–Kier alpha value is -1.66. The number of esters is 1. The topological polar surface area (TPSA) is 95.9 Å². The van der Waals surface area contributed by atoms with Crippen LogP contribution in [0, 0.1) is 0 Å². The number of rotatable bonds is 61. The van der Waals surface area contributed by atoms with Crippen LogP contribution in [0.15, 0.2) is 24.3 Å². The summed E-state index contributed by atoms with van der Waals surface area (Å²) in [5, 5.41) is 23.1. The molecule has 0 aliphatic rings. The molecule has 0 radical (unpaired) electrons. The van der Waals surface area contributed by atoms with Crippen molar-refractivity contribution in [1.29, 1.82) is 0 Å². The lowest BCUT2D eigenvalue weighted by atomic mass is 10.0. The molecule has 426 valence electrons. The first-order valence-electron chi connectivity index (χ1n) is 32.6. The molecule has 0 aliphatic carbocycles. The number of hydrogen-bond donors (Lipinski definition) is 3. The Morgan fingerprint density at radius 3 is 0.986 bits per heavy atom. The van der Waals surface area contributed by atoms with Crippen molar-refractivity contribution in [2.45, 2.75) is 373 Å². The van der Waals surface area contributed by atoms with E-state index in [1.165, 1.54) is 289 Å². The molecule has 3 N–H and O–H groups in total. The van der Waals surface area contributed by atoms with E-state index in [-0.39, 0.29) is 18.5 Å². The minimum Gasteiger partial charge on any atom is -0.466 e. The van der Waals surface area contributed by atoms with Crippen LogP contribution in [0.2, 0.25) is 0 Å². The second-order valence-corrected chi connectivity index (χ2v) is 22.4. The van der Waals surface area contributed by atoms with Crippen LogP contribution in [0.25, 0.3) is 0 Å². The average molecular weight is 1010 g/mol. The predicted octanol–water partition coefficient (Wildman–Crippen LogP) is 20.6. The van der Waals surface area contributed by atoms with Gasteiger partial charge in [-0.05, 0) is 77.0 Å². The molecule has 0 aromatic rings. The lowest BCUT2D eigenvalue weighted by molar-refractivity contribution is -0.143. The number of hydrogen-bond acceptors (Lipinski definition) is 5. The highest BCUT2D eigenvalue weighted by Gasteiger charge is 2.20. The first kappa shape index (κ1) is 70.3. The largest absolute Gasteiger partial charge is 0.466 e. The fourth-order valence-electron chi connectivity index (χ4n) is 10.2. The summed E-state index contributed by atoms with van der Waals surface area (Å²) in [6.07, 6.45) is 76.5. The van der Waals surface area contributed by atoms with Gasteiger partial charge in [-0.1, -0.05) is 295 Å². The van der Waals surface area contributed by atoms with Crippen LogP contribution < -0.4 is 5.32 Å². The number of nitrogens with one attached hydrogen (secondary N) is 1. The maximum absolute atomic E-state index is 12.4. The van der Waals surface area contributed by atoms with Gasteiger partial charge in [-0.2, -0.15) is 0 Å². The normalized spacial score (nSPS) is 12.7. The molecule has 0 heterocycles. The minimum absolute atomic E-state index is 0.0150. The highest BCUT2D eigenvalue weighted by atomic mass is 16.5. The second kappa shape index (κ2) is 61.9. The standard InChI is InChI=1S/C66H127NO5/c1-3-5-7-9-11-13-14-15-16-17-27-31-34-37-40-44-48-52-56-60-66(71)72-61-57-53-49-45-41-38-35-32-29-26-24-22-20-18-19-21-23-25-28-30-33-36-39-43-47-51-55-59-65(70)67-63(62-68)64(69)58-54-50-46-42-12-10-8-6-4-2/h15-16,18-19,63-64,68-69H,3-14,17,20-62H2,1-2H3,(H,67,70)/b16-15-,19-18-. The fourth-order valence-corrected chi connectivity index (χ4v) is 10.2. The first-order valence-corrected chi connectivity index (χ1v) is 32.6. The highest BCUT2D eigenvalue weighted by Crippen LogP contribution is 2.18. The van der Waals surface area contributed by atoms with Gasteiger partial charge in [0.25, 0.3) is 0 Å². The molecule has 6 heteroatoms. The van der Waals surface area contributed by atoms with E-state index >= 15 is 0 Å². The van der Waals surface area contributed by atoms with Crippen molar-refractivity contribution >= 4 is 11.9 Å². The van der Waals surface area contributed by atoms with Crippen molar-refractivity contribution in [1.82, 2.24) is 5.32 Å². The fraction of sp³-hybridized carbons (Fsp3) is 0.909. The lowest BCUT2D eigenvalue weighted by Gasteiger charge is -2.22. The van der Waals surface area contributed by atoms with Gasteiger partial charge in [-0.3, -0.25) is 9.59 Å². The third-order valence-electron chi connectivity index (χ3n) is 15.2. The van der Waals surface area contributed by atoms with Crippen LogP contribution in [0.3, 0.4) is 0 Å². The van der Waals surface area contributed by atoms with Crippen LogP contribution in [-0.4, -0.2) is 47.4 Å². The molecular formula is C66H127NO5. The van der Waals surface area contributed by atoms with Gasteiger partial charge >= 0.3 is 5.97 Å². The number of allylic oxidation sites excluding steroid dienone is 4. The number of aliphatic hydroxyl groups is 2. The van der Waals surface area contributed by atoms with Gasteiger partial charge in [0.15, 0.2) is 0 Å². The molecule has 0 saturated heterocycles. The van der Waals surface area contributed by atoms with E-state index in [2.05, 4.69) is 43.5 Å². The molecule has 1 amide bonds. The van der Waals surface area contributed by atoms with Gasteiger partial charge in [0.1, 0.15) is 0 Å². The number of carbonyl (C=O) groups excluding carboxylic acids is 2. The molecule has 0 spiro atoms. The summed E-state index contributed by atoms with van der Waals surface area (Å²) in [7, 11) is 0. The number of aliphatic hydroxyl groups excluding tert-OH is 2. The molecule has 0 fully saturated rings. The van der Waals surface area contributed by atoms with Gasteiger partial charge in [-0.25, -0.2) is 0 Å². The van der Waals surface area contributed by atoms with Crippen molar-refractivity contribution in [3.8, 4) is 0 Å². The van der Waals surface area contributed by atoms with E-state index in [0.717, 1.165) is 38.5 Å². The summed E-state index contributed by atoms with van der Waals surface area (Å²) in [5.74, 6) is -0.0221. The molecule has 0 saturated carbocycles. The van der Waals surface area contributed by atoms with Crippen molar-refractivity contribution in [2.24, 2.45) is 0 Å². The molecule has 2 unspecified atom stereocenters. The van der Waals surface area contributed by atoms with E-state index in [0.29, 0.717) is 25.9 Å². The van der Waals surface area contributed by atoms with Crippen LogP contribution in [0.1, 0.15) is 361 Å². The zero-order valence-electron chi connectivity index (χ0n) is 48.7. The Bertz CT molecular complexity index is 1120. The smallest absolute Gasteiger partial charge is 0.305 e. The Kier molecular flexibility index (Phi) is 60.5. The summed E-state index contributed by atoms with van der Waals surface area (Å²) < 4.78 is 5.50. The molecule has 0 rings (SSSR count). The second-order valence-electron chi connectivity index (χ2n) is 22.4. The quantitative estimate of drug-likeness (QED) is 0.0320. The summed E-state index contributed by atoms with van der Waals surface area (Å²) in [4.78, 5) is 24.5. The lowest BCUT2D eigenvalue weighted by Crippen LogP contribution is -2.45. The van der Waals surface area contributed by atoms with Crippen molar-refractivity contribution in [3.63, 3.8) is 0 Å². The van der Waals surface area contributed by atoms with E-state index in [1.54, 1.807) is 0 Å². The predicted molar refractivity (Wildman–Crippen MR) is 315 cm³/mol. The third-order valence-corrected chi connectivity index (χ3v) is 15.2. The maximum Gasteiger partial charge on any atom is 0.305 e. The molecule has 0 aliphatic heterocycles. The first-order chi connectivity index (χ1) is 35.5. The van der Waals surface area contributed by atoms with Crippen molar-refractivity contribution < 1.29 is 24.5 Å². The molecule has 6 nitrogen and oxygen atoms in total. The monoisotopic (exact) mass is 1010 g/mol. The Balaban J connectivity index is 3.33. The van der Waals surface area contributed by atoms with E-state index in [4.69, 9.17) is 4.74 Å². The van der Waals surface area contributed by atoms with E-state index < -0.39 is 12.1 Å². The molecule has 0 aromatic heterocycles. The number of ether oxygens (including phenoxy) is 1.